The molecule has 0 aliphatic carbocycles. The number of likely N-dealkylation sites (tertiary alicyclic amines) is 1. The molecule has 1 aliphatic heterocycles. The van der Waals surface area contributed by atoms with E-state index in [0.717, 1.165) is 54.3 Å². The van der Waals surface area contributed by atoms with Crippen LogP contribution >= 0.6 is 0 Å². The van der Waals surface area contributed by atoms with E-state index in [1.165, 1.54) is 0 Å². The summed E-state index contributed by atoms with van der Waals surface area (Å²) in [6, 6.07) is 8.09. The maximum absolute atomic E-state index is 13.2. The number of amides is 2. The van der Waals surface area contributed by atoms with Crippen molar-refractivity contribution in [1.29, 1.82) is 0 Å². The van der Waals surface area contributed by atoms with Gasteiger partial charge in [-0.25, -0.2) is 4.79 Å². The molecule has 1 aliphatic rings. The molecule has 2 aromatic rings. The second kappa shape index (κ2) is 10.7. The number of nitrogens with one attached hydrogen (secondary N) is 1. The van der Waals surface area contributed by atoms with Gasteiger partial charge in [0.05, 0.1) is 18.8 Å². The molecule has 0 spiro atoms. The predicted molar refractivity (Wildman–Crippen MR) is 121 cm³/mol. The first-order valence-electron chi connectivity index (χ1n) is 11.2. The first-order chi connectivity index (χ1) is 14.8. The van der Waals surface area contributed by atoms with Crippen molar-refractivity contribution >= 4 is 6.03 Å². The Bertz CT molecular complexity index is 820. The molecular weight excluding hydrogens is 392 g/mol. The number of aromatic nitrogens is 1. The molecule has 7 heteroatoms. The third-order valence-corrected chi connectivity index (χ3v) is 5.85. The average Bonchev–Trinajstić information content (AvgIpc) is 3.07. The van der Waals surface area contributed by atoms with E-state index in [9.17, 15) is 4.79 Å². The highest BCUT2D eigenvalue weighted by atomic mass is 16.5. The van der Waals surface area contributed by atoms with Crippen molar-refractivity contribution in [3.63, 3.8) is 0 Å². The van der Waals surface area contributed by atoms with Crippen LogP contribution in [0.2, 0.25) is 0 Å². The number of hydrogen-bond donors (Lipinski definition) is 1. The molecule has 1 saturated heterocycles. The quantitative estimate of drug-likeness (QED) is 0.684. The summed E-state index contributed by atoms with van der Waals surface area (Å²) >= 11 is 0. The van der Waals surface area contributed by atoms with Crippen molar-refractivity contribution in [3.05, 3.63) is 46.8 Å². The zero-order valence-electron chi connectivity index (χ0n) is 19.5. The summed E-state index contributed by atoms with van der Waals surface area (Å²) in [5.74, 6) is 2.12. The van der Waals surface area contributed by atoms with Crippen molar-refractivity contribution in [1.82, 2.24) is 20.3 Å². The Morgan fingerprint density at radius 2 is 1.94 bits per heavy atom. The van der Waals surface area contributed by atoms with Gasteiger partial charge in [-0.3, -0.25) is 0 Å². The Morgan fingerprint density at radius 1 is 1.26 bits per heavy atom. The van der Waals surface area contributed by atoms with Gasteiger partial charge in [-0.05, 0) is 70.4 Å². The Kier molecular flexibility index (Phi) is 7.96. The van der Waals surface area contributed by atoms with Gasteiger partial charge in [0.15, 0.2) is 0 Å². The zero-order valence-corrected chi connectivity index (χ0v) is 19.5. The number of urea groups is 1. The molecule has 0 radical (unpaired) electrons. The molecule has 170 valence electrons. The number of hydrogen-bond acceptors (Lipinski definition) is 5. The lowest BCUT2D eigenvalue weighted by atomic mass is 10.0. The van der Waals surface area contributed by atoms with E-state index in [2.05, 4.69) is 36.3 Å². The van der Waals surface area contributed by atoms with Crippen LogP contribution in [0.25, 0.3) is 0 Å². The molecule has 1 fully saturated rings. The first-order valence-corrected chi connectivity index (χ1v) is 11.2. The maximum Gasteiger partial charge on any atom is 0.318 e. The maximum atomic E-state index is 13.2. The van der Waals surface area contributed by atoms with Crippen LogP contribution in [-0.4, -0.2) is 53.8 Å². The van der Waals surface area contributed by atoms with Crippen LogP contribution in [0.5, 0.6) is 5.75 Å². The molecular formula is C24H36N4O3. The number of nitrogens with zero attached hydrogens (tertiary/aromatic N) is 3. The van der Waals surface area contributed by atoms with E-state index in [4.69, 9.17) is 9.26 Å². The molecule has 0 saturated carbocycles. The summed E-state index contributed by atoms with van der Waals surface area (Å²) in [4.78, 5) is 17.5. The van der Waals surface area contributed by atoms with E-state index in [1.54, 1.807) is 0 Å². The van der Waals surface area contributed by atoms with Crippen molar-refractivity contribution < 1.29 is 14.1 Å². The van der Waals surface area contributed by atoms with E-state index in [0.29, 0.717) is 25.6 Å². The number of piperidine rings is 1. The van der Waals surface area contributed by atoms with Crippen molar-refractivity contribution in [2.24, 2.45) is 5.92 Å². The number of carbonyl (C=O) groups excluding carboxylic acids is 1. The lowest BCUT2D eigenvalue weighted by Crippen LogP contribution is -2.49. The Balaban J connectivity index is 1.64. The normalized spacial score (nSPS) is 15.3. The van der Waals surface area contributed by atoms with Gasteiger partial charge in [0.1, 0.15) is 11.5 Å². The van der Waals surface area contributed by atoms with Crippen LogP contribution in [0.15, 0.2) is 28.8 Å². The standard InChI is InChI=1S/C24H36N4O3/c1-17(2)16-30-22-8-6-20(7-9-22)14-25-24(29)28(21-10-12-27(5)13-11-21)15-23-18(3)26-31-19(23)4/h6-9,17,21H,10-16H2,1-5H3,(H,25,29). The third kappa shape index (κ3) is 6.47. The summed E-state index contributed by atoms with van der Waals surface area (Å²) < 4.78 is 11.1. The summed E-state index contributed by atoms with van der Waals surface area (Å²) in [5.41, 5.74) is 2.90. The van der Waals surface area contributed by atoms with Gasteiger partial charge in [0.2, 0.25) is 0 Å². The Hall–Kier alpha value is -2.54. The van der Waals surface area contributed by atoms with Crippen molar-refractivity contribution in [2.75, 3.05) is 26.7 Å². The van der Waals surface area contributed by atoms with Crippen LogP contribution in [0, 0.1) is 19.8 Å². The van der Waals surface area contributed by atoms with Crippen LogP contribution in [-0.2, 0) is 13.1 Å². The Morgan fingerprint density at radius 3 is 2.52 bits per heavy atom. The number of ether oxygens (including phenoxy) is 1. The fraction of sp³-hybridized carbons (Fsp3) is 0.583. The first kappa shape index (κ1) is 23.1. The largest absolute Gasteiger partial charge is 0.493 e. The molecule has 0 bridgehead atoms. The Labute approximate surface area is 185 Å². The summed E-state index contributed by atoms with van der Waals surface area (Å²) in [7, 11) is 2.13. The SMILES string of the molecule is Cc1noc(C)c1CN(C(=O)NCc1ccc(OCC(C)C)cc1)C1CCN(C)CC1. The molecule has 0 atom stereocenters. The van der Waals surface area contributed by atoms with Crippen molar-refractivity contribution in [3.8, 4) is 5.75 Å². The van der Waals surface area contributed by atoms with E-state index in [1.807, 2.05) is 43.0 Å². The van der Waals surface area contributed by atoms with Gasteiger partial charge in [-0.15, -0.1) is 0 Å². The number of carbonyl (C=O) groups is 1. The second-order valence-corrected chi connectivity index (χ2v) is 8.97. The minimum absolute atomic E-state index is 0.0466. The monoisotopic (exact) mass is 428 g/mol. The molecule has 0 unspecified atom stereocenters. The zero-order chi connectivity index (χ0) is 22.4. The fourth-order valence-corrected chi connectivity index (χ4v) is 3.82. The van der Waals surface area contributed by atoms with Crippen LogP contribution < -0.4 is 10.1 Å². The van der Waals surface area contributed by atoms with Crippen molar-refractivity contribution in [2.45, 2.75) is 59.7 Å². The van der Waals surface area contributed by atoms with Gasteiger partial charge in [-0.1, -0.05) is 31.1 Å². The molecule has 2 heterocycles. The lowest BCUT2D eigenvalue weighted by Gasteiger charge is -2.37. The topological polar surface area (TPSA) is 70.8 Å². The number of aryl methyl sites for hydroxylation is 2. The fourth-order valence-electron chi connectivity index (χ4n) is 3.82. The highest BCUT2D eigenvalue weighted by molar-refractivity contribution is 5.74. The summed E-state index contributed by atoms with van der Waals surface area (Å²) in [6.45, 7) is 11.8. The summed E-state index contributed by atoms with van der Waals surface area (Å²) in [5, 5.41) is 7.17. The minimum atomic E-state index is -0.0466. The molecule has 1 N–H and O–H groups in total. The van der Waals surface area contributed by atoms with E-state index >= 15 is 0 Å². The van der Waals surface area contributed by atoms with E-state index < -0.39 is 0 Å². The average molecular weight is 429 g/mol. The molecule has 31 heavy (non-hydrogen) atoms. The minimum Gasteiger partial charge on any atom is -0.493 e. The highest BCUT2D eigenvalue weighted by Crippen LogP contribution is 2.22. The molecule has 7 nitrogen and oxygen atoms in total. The van der Waals surface area contributed by atoms with Gasteiger partial charge < -0.3 is 24.4 Å². The number of benzene rings is 1. The van der Waals surface area contributed by atoms with Crippen LogP contribution in [0.4, 0.5) is 4.79 Å². The van der Waals surface area contributed by atoms with E-state index in [-0.39, 0.29) is 12.1 Å². The highest BCUT2D eigenvalue weighted by Gasteiger charge is 2.28. The smallest absolute Gasteiger partial charge is 0.318 e. The van der Waals surface area contributed by atoms with Gasteiger partial charge in [-0.2, -0.15) is 0 Å². The second-order valence-electron chi connectivity index (χ2n) is 8.97. The molecule has 1 aromatic heterocycles. The lowest BCUT2D eigenvalue weighted by molar-refractivity contribution is 0.126. The molecule has 3 rings (SSSR count). The van der Waals surface area contributed by atoms with Crippen LogP contribution in [0.3, 0.4) is 0 Å². The van der Waals surface area contributed by atoms with Gasteiger partial charge in [0, 0.05) is 18.2 Å². The van der Waals surface area contributed by atoms with Gasteiger partial charge in [0.25, 0.3) is 0 Å². The predicted octanol–water partition coefficient (Wildman–Crippen LogP) is 4.13. The molecule has 2 amide bonds. The molecule has 1 aromatic carbocycles. The van der Waals surface area contributed by atoms with Gasteiger partial charge >= 0.3 is 6.03 Å². The van der Waals surface area contributed by atoms with Crippen LogP contribution in [0.1, 0.15) is 49.3 Å². The summed E-state index contributed by atoms with van der Waals surface area (Å²) in [6.07, 6.45) is 1.93. The number of rotatable bonds is 8. The third-order valence-electron chi connectivity index (χ3n) is 5.85.